The number of ether oxygens (including phenoxy) is 1. The number of benzene rings is 1. The number of nitrogens with zero attached hydrogens (tertiary/aromatic N) is 6. The van der Waals surface area contributed by atoms with Gasteiger partial charge in [-0.25, -0.2) is 15.0 Å². The van der Waals surface area contributed by atoms with Gasteiger partial charge in [-0.1, -0.05) is 13.8 Å². The Morgan fingerprint density at radius 1 is 1.23 bits per heavy atom. The van der Waals surface area contributed by atoms with E-state index in [4.69, 9.17) is 32.8 Å². The molecule has 0 amide bonds. The van der Waals surface area contributed by atoms with E-state index in [9.17, 15) is 0 Å². The maximum absolute atomic E-state index is 6.01. The molecule has 188 valence electrons. The lowest BCUT2D eigenvalue weighted by Crippen LogP contribution is -2.38. The molecule has 3 rings (SSSR count). The van der Waals surface area contributed by atoms with Crippen molar-refractivity contribution in [2.45, 2.75) is 33.6 Å². The van der Waals surface area contributed by atoms with E-state index in [0.29, 0.717) is 6.54 Å². The Morgan fingerprint density at radius 3 is 2.63 bits per heavy atom. The fourth-order valence-electron chi connectivity index (χ4n) is 4.10. The Morgan fingerprint density at radius 2 is 2.00 bits per heavy atom. The summed E-state index contributed by atoms with van der Waals surface area (Å²) in [6.07, 6.45) is 7.36. The molecule has 3 aromatic rings. The molecule has 35 heavy (non-hydrogen) atoms. The van der Waals surface area contributed by atoms with Gasteiger partial charge in [0.05, 0.1) is 42.2 Å². The predicted molar refractivity (Wildman–Crippen MR) is 148 cm³/mol. The first-order chi connectivity index (χ1) is 16.9. The number of aryl methyl sites for hydroxylation is 3. The number of nitrogens with two attached hydrogens (primary N) is 1. The predicted octanol–water partition coefficient (Wildman–Crippen LogP) is 3.74. The van der Waals surface area contributed by atoms with Crippen LogP contribution >= 0.6 is 12.2 Å². The molecule has 8 nitrogen and oxygen atoms in total. The van der Waals surface area contributed by atoms with Gasteiger partial charge >= 0.3 is 0 Å². The van der Waals surface area contributed by atoms with Gasteiger partial charge in [-0.15, -0.1) is 0 Å². The average molecular weight is 496 g/mol. The summed E-state index contributed by atoms with van der Waals surface area (Å²) in [5.41, 5.74) is 12.2. The smallest absolute Gasteiger partial charge is 0.187 e. The van der Waals surface area contributed by atoms with Crippen LogP contribution in [0.2, 0.25) is 0 Å². The molecule has 2 N–H and O–H groups in total. The third kappa shape index (κ3) is 6.84. The Labute approximate surface area is 213 Å². The van der Waals surface area contributed by atoms with Gasteiger partial charge in [-0.2, -0.15) is 5.10 Å². The second-order valence-corrected chi connectivity index (χ2v) is 9.03. The number of pyridine rings is 1. The molecule has 0 fully saturated rings. The molecule has 0 aliphatic carbocycles. The number of imidazole rings is 1. The van der Waals surface area contributed by atoms with Gasteiger partial charge in [0.15, 0.2) is 5.11 Å². The fraction of sp³-hybridized carbons (Fsp3) is 0.462. The highest BCUT2D eigenvalue weighted by Gasteiger charge is 2.13. The van der Waals surface area contributed by atoms with Crippen molar-refractivity contribution in [1.82, 2.24) is 24.4 Å². The van der Waals surface area contributed by atoms with Crippen molar-refractivity contribution in [1.29, 1.82) is 0 Å². The largest absolute Gasteiger partial charge is 0.385 e. The number of aromatic nitrogens is 3. The lowest BCUT2D eigenvalue weighted by atomic mass is 9.98. The Kier molecular flexibility index (Phi) is 9.71. The van der Waals surface area contributed by atoms with Gasteiger partial charge in [0.1, 0.15) is 0 Å². The van der Waals surface area contributed by atoms with Gasteiger partial charge in [-0.05, 0) is 74.4 Å². The topological polar surface area (TPSA) is 84.8 Å². The van der Waals surface area contributed by atoms with Crippen LogP contribution in [0.15, 0.2) is 35.8 Å². The molecule has 0 spiro atoms. The summed E-state index contributed by atoms with van der Waals surface area (Å²) in [6, 6.07) is 6.43. The molecular formula is C26H37N7OS. The van der Waals surface area contributed by atoms with Crippen molar-refractivity contribution >= 4 is 34.4 Å². The van der Waals surface area contributed by atoms with Crippen molar-refractivity contribution in [3.8, 4) is 11.4 Å². The van der Waals surface area contributed by atoms with Crippen LogP contribution in [0, 0.1) is 6.92 Å². The summed E-state index contributed by atoms with van der Waals surface area (Å²) < 4.78 is 7.22. The molecular weight excluding hydrogens is 458 g/mol. The third-order valence-corrected chi connectivity index (χ3v) is 6.50. The van der Waals surface area contributed by atoms with E-state index in [0.717, 1.165) is 66.9 Å². The summed E-state index contributed by atoms with van der Waals surface area (Å²) in [5, 5.41) is 7.70. The number of fused-ring (bicyclic) bond motifs is 1. The summed E-state index contributed by atoms with van der Waals surface area (Å²) in [4.78, 5) is 11.5. The zero-order valence-corrected chi connectivity index (χ0v) is 22.3. The van der Waals surface area contributed by atoms with E-state index < -0.39 is 0 Å². The van der Waals surface area contributed by atoms with Crippen LogP contribution in [-0.2, 0) is 18.2 Å². The van der Waals surface area contributed by atoms with Crippen LogP contribution in [0.4, 0.5) is 0 Å². The van der Waals surface area contributed by atoms with Crippen LogP contribution in [0.5, 0.6) is 0 Å². The second-order valence-electron chi connectivity index (χ2n) is 8.61. The number of thiocarbonyl (C=S) groups is 1. The first-order valence-corrected chi connectivity index (χ1v) is 12.5. The number of hydrogen-bond acceptors (Lipinski definition) is 6. The molecule has 1 aromatic carbocycles. The third-order valence-electron chi connectivity index (χ3n) is 6.29. The monoisotopic (exact) mass is 495 g/mol. The van der Waals surface area contributed by atoms with E-state index in [1.807, 2.05) is 24.0 Å². The molecule has 9 heteroatoms. The summed E-state index contributed by atoms with van der Waals surface area (Å²) >= 11 is 5.29. The minimum atomic E-state index is 0.259. The van der Waals surface area contributed by atoms with E-state index in [2.05, 4.69) is 48.9 Å². The van der Waals surface area contributed by atoms with Crippen LogP contribution in [0.1, 0.15) is 37.0 Å². The van der Waals surface area contributed by atoms with Crippen molar-refractivity contribution in [3.05, 3.63) is 47.4 Å². The molecule has 2 heterocycles. The Hall–Kier alpha value is -2.88. The summed E-state index contributed by atoms with van der Waals surface area (Å²) in [5.74, 6) is 0. The van der Waals surface area contributed by atoms with Gasteiger partial charge in [0.2, 0.25) is 0 Å². The number of methoxy groups -OCH3 is 1. The minimum absolute atomic E-state index is 0.259. The Balaban J connectivity index is 2.04. The van der Waals surface area contributed by atoms with E-state index in [1.165, 1.54) is 11.1 Å². The average Bonchev–Trinajstić information content (AvgIpc) is 3.27. The molecule has 0 bridgehead atoms. The molecule has 0 aliphatic rings. The lowest BCUT2D eigenvalue weighted by Gasteiger charge is -2.23. The van der Waals surface area contributed by atoms with Gasteiger partial charge in [0.25, 0.3) is 0 Å². The van der Waals surface area contributed by atoms with E-state index in [-0.39, 0.29) is 5.11 Å². The van der Waals surface area contributed by atoms with Gasteiger partial charge < -0.3 is 19.9 Å². The number of likely N-dealkylation sites (N-methyl/N-ethyl adjacent to an activating group) is 1. The highest BCUT2D eigenvalue weighted by atomic mass is 32.1. The molecule has 0 atom stereocenters. The minimum Gasteiger partial charge on any atom is -0.385 e. The second kappa shape index (κ2) is 12.7. The standard InChI is InChI=1S/C26H37N7OS/c1-6-32(7-2)10-11-33(26(27)35)29-16-21-15-24(25-17-28-18-31(25)4)30-23-13-19(3)20(14-22(21)23)9-8-12-34-5/h13-18H,6-12H2,1-5H3,(H2,27,35)/b29-16+. The van der Waals surface area contributed by atoms with Crippen LogP contribution < -0.4 is 5.73 Å². The fourth-order valence-corrected chi connectivity index (χ4v) is 4.24. The zero-order chi connectivity index (χ0) is 25.4. The van der Waals surface area contributed by atoms with E-state index >= 15 is 0 Å². The molecule has 0 unspecified atom stereocenters. The first-order valence-electron chi connectivity index (χ1n) is 12.1. The van der Waals surface area contributed by atoms with Crippen molar-refractivity contribution in [2.75, 3.05) is 39.9 Å². The highest BCUT2D eigenvalue weighted by molar-refractivity contribution is 7.80. The SMILES string of the molecule is CCN(CC)CCN(/N=C/c1cc(-c2cncn2C)nc2cc(C)c(CCCOC)cc12)C(N)=S. The first kappa shape index (κ1) is 26.7. The molecule has 0 saturated carbocycles. The molecule has 0 saturated heterocycles. The molecule has 2 aromatic heterocycles. The summed E-state index contributed by atoms with van der Waals surface area (Å²) in [6.45, 7) is 10.6. The quantitative estimate of drug-likeness (QED) is 0.177. The van der Waals surface area contributed by atoms with Crippen molar-refractivity contribution < 1.29 is 4.74 Å². The summed E-state index contributed by atoms with van der Waals surface area (Å²) in [7, 11) is 3.70. The van der Waals surface area contributed by atoms with Crippen molar-refractivity contribution in [3.63, 3.8) is 0 Å². The highest BCUT2D eigenvalue weighted by Crippen LogP contribution is 2.27. The van der Waals surface area contributed by atoms with Crippen LogP contribution in [0.3, 0.4) is 0 Å². The maximum atomic E-state index is 6.01. The number of rotatable bonds is 12. The molecule has 0 aliphatic heterocycles. The number of hydrazone groups is 1. The van der Waals surface area contributed by atoms with Gasteiger partial charge in [0, 0.05) is 38.3 Å². The van der Waals surface area contributed by atoms with E-state index in [1.54, 1.807) is 18.4 Å². The number of hydrogen-bond donors (Lipinski definition) is 1. The molecule has 0 radical (unpaired) electrons. The van der Waals surface area contributed by atoms with Crippen LogP contribution in [-0.4, -0.2) is 75.7 Å². The van der Waals surface area contributed by atoms with Crippen LogP contribution in [0.25, 0.3) is 22.3 Å². The lowest BCUT2D eigenvalue weighted by molar-refractivity contribution is 0.195. The normalized spacial score (nSPS) is 11.7. The Bertz CT molecular complexity index is 1170. The van der Waals surface area contributed by atoms with Gasteiger partial charge in [-0.3, -0.25) is 0 Å². The van der Waals surface area contributed by atoms with Crippen molar-refractivity contribution in [2.24, 2.45) is 17.9 Å². The zero-order valence-electron chi connectivity index (χ0n) is 21.5. The maximum Gasteiger partial charge on any atom is 0.187 e.